The van der Waals surface area contributed by atoms with E-state index < -0.39 is 5.82 Å². The molecule has 0 radical (unpaired) electrons. The maximum Gasteiger partial charge on any atom is 0.232 e. The van der Waals surface area contributed by atoms with Gasteiger partial charge in [0.2, 0.25) is 5.82 Å². The molecule has 22 heavy (non-hydrogen) atoms. The molecular formula is C16H10FN5. The number of rotatable bonds is 2. The van der Waals surface area contributed by atoms with E-state index in [2.05, 4.69) is 19.9 Å². The van der Waals surface area contributed by atoms with E-state index >= 15 is 0 Å². The molecule has 0 saturated carbocycles. The van der Waals surface area contributed by atoms with Crippen LogP contribution in [0.3, 0.4) is 0 Å². The number of nitrogens with zero attached hydrogens (tertiary/aromatic N) is 5. The van der Waals surface area contributed by atoms with Crippen LogP contribution >= 0.6 is 0 Å². The molecule has 0 amide bonds. The number of hydrogen-bond acceptors (Lipinski definition) is 5. The standard InChI is InChI=1S/C16H10FN5/c1-10-6-21-16(22-7-10)11-2-3-13(14(17)4-11)12-8-19-15(5-18)20-9-12/h2-4,6-9H,1H3. The SMILES string of the molecule is Cc1cnc(-c2ccc(-c3cnc(C#N)nc3)c(F)c2)nc1. The lowest BCUT2D eigenvalue weighted by atomic mass is 10.1. The molecule has 5 nitrogen and oxygen atoms in total. The lowest BCUT2D eigenvalue weighted by Gasteiger charge is -2.05. The molecule has 0 N–H and O–H groups in total. The molecule has 3 rings (SSSR count). The van der Waals surface area contributed by atoms with E-state index in [0.29, 0.717) is 22.5 Å². The highest BCUT2D eigenvalue weighted by molar-refractivity contribution is 5.67. The molecule has 0 unspecified atom stereocenters. The van der Waals surface area contributed by atoms with Crippen molar-refractivity contribution >= 4 is 0 Å². The molecule has 6 heteroatoms. The molecule has 0 aliphatic carbocycles. The molecule has 0 bridgehead atoms. The van der Waals surface area contributed by atoms with Crippen molar-refractivity contribution in [2.45, 2.75) is 6.92 Å². The summed E-state index contributed by atoms with van der Waals surface area (Å²) in [5.41, 5.74) is 2.40. The van der Waals surface area contributed by atoms with Crippen molar-refractivity contribution < 1.29 is 4.39 Å². The van der Waals surface area contributed by atoms with Crippen molar-refractivity contribution in [3.63, 3.8) is 0 Å². The van der Waals surface area contributed by atoms with Crippen LogP contribution in [-0.4, -0.2) is 19.9 Å². The number of benzene rings is 1. The van der Waals surface area contributed by atoms with Gasteiger partial charge in [-0.15, -0.1) is 0 Å². The van der Waals surface area contributed by atoms with Crippen LogP contribution in [0.1, 0.15) is 11.4 Å². The predicted molar refractivity (Wildman–Crippen MR) is 77.9 cm³/mol. The third-order valence-corrected chi connectivity index (χ3v) is 3.07. The van der Waals surface area contributed by atoms with Gasteiger partial charge in [0.15, 0.2) is 5.82 Å². The molecule has 106 valence electrons. The van der Waals surface area contributed by atoms with Crippen molar-refractivity contribution in [3.8, 4) is 28.6 Å². The van der Waals surface area contributed by atoms with Crippen molar-refractivity contribution in [3.05, 3.63) is 60.2 Å². The summed E-state index contributed by atoms with van der Waals surface area (Å²) >= 11 is 0. The second-order valence-electron chi connectivity index (χ2n) is 4.69. The molecule has 1 aromatic carbocycles. The van der Waals surface area contributed by atoms with E-state index in [-0.39, 0.29) is 5.82 Å². The lowest BCUT2D eigenvalue weighted by molar-refractivity contribution is 0.631. The summed E-state index contributed by atoms with van der Waals surface area (Å²) in [4.78, 5) is 16.0. The van der Waals surface area contributed by atoms with Gasteiger partial charge in [-0.3, -0.25) is 0 Å². The first-order valence-corrected chi connectivity index (χ1v) is 6.48. The largest absolute Gasteiger partial charge is 0.236 e. The zero-order chi connectivity index (χ0) is 15.5. The Balaban J connectivity index is 1.98. The Labute approximate surface area is 126 Å². The summed E-state index contributed by atoms with van der Waals surface area (Å²) in [7, 11) is 0. The van der Waals surface area contributed by atoms with Crippen LogP contribution in [0.15, 0.2) is 43.0 Å². The summed E-state index contributed by atoms with van der Waals surface area (Å²) in [5, 5.41) is 8.67. The maximum atomic E-state index is 14.3. The minimum Gasteiger partial charge on any atom is -0.236 e. The Morgan fingerprint density at radius 2 is 1.64 bits per heavy atom. The van der Waals surface area contributed by atoms with Gasteiger partial charge in [0.1, 0.15) is 11.9 Å². The normalized spacial score (nSPS) is 10.2. The number of halogens is 1. The molecule has 2 aromatic heterocycles. The van der Waals surface area contributed by atoms with E-state index in [4.69, 9.17) is 5.26 Å². The number of hydrogen-bond donors (Lipinski definition) is 0. The Morgan fingerprint density at radius 1 is 0.955 bits per heavy atom. The summed E-state index contributed by atoms with van der Waals surface area (Å²) in [6.45, 7) is 1.89. The average Bonchev–Trinajstić information content (AvgIpc) is 2.56. The van der Waals surface area contributed by atoms with Crippen molar-refractivity contribution in [1.29, 1.82) is 5.26 Å². The first-order chi connectivity index (χ1) is 10.7. The number of nitriles is 1. The van der Waals surface area contributed by atoms with Gasteiger partial charge in [-0.1, -0.05) is 12.1 Å². The minimum atomic E-state index is -0.421. The first kappa shape index (κ1) is 13.8. The fourth-order valence-electron chi connectivity index (χ4n) is 1.95. The number of aryl methyl sites for hydroxylation is 1. The van der Waals surface area contributed by atoms with Gasteiger partial charge in [-0.25, -0.2) is 24.3 Å². The van der Waals surface area contributed by atoms with E-state index in [1.54, 1.807) is 24.5 Å². The smallest absolute Gasteiger partial charge is 0.232 e. The van der Waals surface area contributed by atoms with Crippen LogP contribution in [0.2, 0.25) is 0 Å². The monoisotopic (exact) mass is 291 g/mol. The van der Waals surface area contributed by atoms with E-state index in [1.165, 1.54) is 18.5 Å². The van der Waals surface area contributed by atoms with Crippen LogP contribution in [0.25, 0.3) is 22.5 Å². The van der Waals surface area contributed by atoms with Gasteiger partial charge in [-0.2, -0.15) is 5.26 Å². The van der Waals surface area contributed by atoms with Crippen LogP contribution < -0.4 is 0 Å². The van der Waals surface area contributed by atoms with Gasteiger partial charge in [0.25, 0.3) is 0 Å². The topological polar surface area (TPSA) is 75.3 Å². The van der Waals surface area contributed by atoms with Crippen LogP contribution in [-0.2, 0) is 0 Å². The van der Waals surface area contributed by atoms with Crippen LogP contribution in [0, 0.1) is 24.1 Å². The van der Waals surface area contributed by atoms with E-state index in [9.17, 15) is 4.39 Å². The summed E-state index contributed by atoms with van der Waals surface area (Å²) < 4.78 is 14.3. The van der Waals surface area contributed by atoms with Gasteiger partial charge < -0.3 is 0 Å². The Morgan fingerprint density at radius 3 is 2.23 bits per heavy atom. The highest BCUT2D eigenvalue weighted by Crippen LogP contribution is 2.25. The summed E-state index contributed by atoms with van der Waals surface area (Å²) in [6.07, 6.45) is 6.21. The second-order valence-corrected chi connectivity index (χ2v) is 4.69. The van der Waals surface area contributed by atoms with Crippen LogP contribution in [0.5, 0.6) is 0 Å². The molecule has 0 aliphatic rings. The molecule has 2 heterocycles. The zero-order valence-corrected chi connectivity index (χ0v) is 11.7. The maximum absolute atomic E-state index is 14.3. The molecule has 3 aromatic rings. The van der Waals surface area contributed by atoms with Crippen molar-refractivity contribution in [2.75, 3.05) is 0 Å². The van der Waals surface area contributed by atoms with Gasteiger partial charge in [0, 0.05) is 41.5 Å². The van der Waals surface area contributed by atoms with Crippen molar-refractivity contribution in [2.24, 2.45) is 0 Å². The third-order valence-electron chi connectivity index (χ3n) is 3.07. The van der Waals surface area contributed by atoms with E-state index in [1.807, 2.05) is 13.0 Å². The van der Waals surface area contributed by atoms with E-state index in [0.717, 1.165) is 5.56 Å². The fourth-order valence-corrected chi connectivity index (χ4v) is 1.95. The third kappa shape index (κ3) is 2.65. The molecule has 0 spiro atoms. The molecule has 0 fully saturated rings. The predicted octanol–water partition coefficient (Wildman–Crippen LogP) is 2.92. The van der Waals surface area contributed by atoms with Crippen LogP contribution in [0.4, 0.5) is 4.39 Å². The van der Waals surface area contributed by atoms with Crippen molar-refractivity contribution in [1.82, 2.24) is 19.9 Å². The number of aromatic nitrogens is 4. The molecule has 0 atom stereocenters. The minimum absolute atomic E-state index is 0.0498. The Bertz CT molecular complexity index is 851. The molecular weight excluding hydrogens is 281 g/mol. The first-order valence-electron chi connectivity index (χ1n) is 6.48. The Hall–Kier alpha value is -3.20. The molecule has 0 saturated heterocycles. The zero-order valence-electron chi connectivity index (χ0n) is 11.7. The summed E-state index contributed by atoms with van der Waals surface area (Å²) in [5.74, 6) is 0.0935. The highest BCUT2D eigenvalue weighted by Gasteiger charge is 2.10. The van der Waals surface area contributed by atoms with Gasteiger partial charge >= 0.3 is 0 Å². The van der Waals surface area contributed by atoms with Gasteiger partial charge in [0.05, 0.1) is 0 Å². The summed E-state index contributed by atoms with van der Waals surface area (Å²) in [6, 6.07) is 6.56. The average molecular weight is 291 g/mol. The van der Waals surface area contributed by atoms with Gasteiger partial charge in [-0.05, 0) is 18.6 Å². The molecule has 0 aliphatic heterocycles. The quantitative estimate of drug-likeness (QED) is 0.725. The Kier molecular flexibility index (Phi) is 3.54. The lowest BCUT2D eigenvalue weighted by Crippen LogP contribution is -1.93. The highest BCUT2D eigenvalue weighted by atomic mass is 19.1. The fraction of sp³-hybridized carbons (Fsp3) is 0.0625. The second kappa shape index (κ2) is 5.66.